The zero-order valence-corrected chi connectivity index (χ0v) is 7.13. The lowest BCUT2D eigenvalue weighted by Gasteiger charge is -1.93. The van der Waals surface area contributed by atoms with E-state index in [1.54, 1.807) is 19.6 Å². The molecular weight excluding hydrogens is 176 g/mol. The van der Waals surface area contributed by atoms with Crippen LogP contribution in [0.5, 0.6) is 0 Å². The van der Waals surface area contributed by atoms with Crippen LogP contribution < -0.4 is 0 Å². The van der Waals surface area contributed by atoms with Gasteiger partial charge >= 0.3 is 0 Å². The average Bonchev–Trinajstić information content (AvgIpc) is 2.51. The minimum Gasteiger partial charge on any atom is -0.342 e. The summed E-state index contributed by atoms with van der Waals surface area (Å²) in [6.45, 7) is 0. The molecule has 6 heteroatoms. The van der Waals surface area contributed by atoms with Crippen molar-refractivity contribution in [2.45, 2.75) is 5.16 Å². The molecule has 0 radical (unpaired) electrons. The van der Waals surface area contributed by atoms with Crippen molar-refractivity contribution in [3.05, 3.63) is 12.5 Å². The lowest BCUT2D eigenvalue weighted by molar-refractivity contribution is 0.486. The minimum absolute atomic E-state index is 0.567. The number of hydrogen-bond acceptors (Lipinski definition) is 5. The standard InChI is InChI=1S/C6H6N4OS/c1-11-12-6-7-2-4-5(10-6)9-3-8-4/h2-3H,1H3,(H,7,8,9,10). The van der Waals surface area contributed by atoms with Gasteiger partial charge in [0.25, 0.3) is 0 Å². The highest BCUT2D eigenvalue weighted by Crippen LogP contribution is 2.14. The molecule has 0 saturated heterocycles. The fourth-order valence-electron chi connectivity index (χ4n) is 0.835. The fourth-order valence-corrected chi connectivity index (χ4v) is 1.20. The van der Waals surface area contributed by atoms with Gasteiger partial charge in [-0.15, -0.1) is 0 Å². The molecule has 0 unspecified atom stereocenters. The maximum Gasteiger partial charge on any atom is 0.217 e. The molecule has 0 aliphatic heterocycles. The number of nitrogens with zero attached hydrogens (tertiary/aromatic N) is 3. The molecule has 5 nitrogen and oxygen atoms in total. The number of H-pyrrole nitrogens is 1. The fraction of sp³-hybridized carbons (Fsp3) is 0.167. The quantitative estimate of drug-likeness (QED) is 0.554. The van der Waals surface area contributed by atoms with Crippen molar-refractivity contribution in [3.63, 3.8) is 0 Å². The van der Waals surface area contributed by atoms with Gasteiger partial charge in [-0.2, -0.15) is 4.98 Å². The molecule has 2 aromatic heterocycles. The SMILES string of the molecule is COSc1ncc2[nH]cnc2n1. The van der Waals surface area contributed by atoms with E-state index in [1.165, 1.54) is 0 Å². The largest absolute Gasteiger partial charge is 0.342 e. The van der Waals surface area contributed by atoms with Gasteiger partial charge in [0.1, 0.15) is 5.52 Å². The van der Waals surface area contributed by atoms with Gasteiger partial charge in [-0.25, -0.2) is 9.97 Å². The van der Waals surface area contributed by atoms with Gasteiger partial charge in [0, 0.05) is 0 Å². The number of rotatable bonds is 2. The first-order chi connectivity index (χ1) is 5.90. The second kappa shape index (κ2) is 3.08. The summed E-state index contributed by atoms with van der Waals surface area (Å²) >= 11 is 1.12. The van der Waals surface area contributed by atoms with Crippen LogP contribution in [0.2, 0.25) is 0 Å². The van der Waals surface area contributed by atoms with E-state index in [2.05, 4.69) is 19.9 Å². The second-order valence-corrected chi connectivity index (χ2v) is 2.91. The van der Waals surface area contributed by atoms with E-state index in [4.69, 9.17) is 4.18 Å². The molecule has 0 aliphatic rings. The lowest BCUT2D eigenvalue weighted by Crippen LogP contribution is -1.86. The van der Waals surface area contributed by atoms with Crippen LogP contribution in [0, 0.1) is 0 Å². The van der Waals surface area contributed by atoms with E-state index in [0.29, 0.717) is 10.8 Å². The Labute approximate surface area is 72.8 Å². The summed E-state index contributed by atoms with van der Waals surface area (Å²) in [6.07, 6.45) is 3.26. The van der Waals surface area contributed by atoms with E-state index in [0.717, 1.165) is 17.6 Å². The van der Waals surface area contributed by atoms with Gasteiger partial charge in [0.05, 0.1) is 31.7 Å². The van der Waals surface area contributed by atoms with Gasteiger partial charge in [0.15, 0.2) is 5.65 Å². The third kappa shape index (κ3) is 1.26. The predicted octanol–water partition coefficient (Wildman–Crippen LogP) is 1.01. The van der Waals surface area contributed by atoms with Crippen molar-refractivity contribution in [1.29, 1.82) is 0 Å². The first-order valence-corrected chi connectivity index (χ1v) is 4.01. The van der Waals surface area contributed by atoms with E-state index in [1.807, 2.05) is 0 Å². The van der Waals surface area contributed by atoms with Crippen molar-refractivity contribution in [2.24, 2.45) is 0 Å². The number of aromatic amines is 1. The normalized spacial score (nSPS) is 10.8. The van der Waals surface area contributed by atoms with E-state index >= 15 is 0 Å². The third-order valence-corrected chi connectivity index (χ3v) is 1.82. The molecule has 0 atom stereocenters. The Hall–Kier alpha value is -1.14. The summed E-state index contributed by atoms with van der Waals surface area (Å²) in [5.74, 6) is 0. The van der Waals surface area contributed by atoms with Crippen molar-refractivity contribution in [2.75, 3.05) is 7.11 Å². The van der Waals surface area contributed by atoms with Gasteiger partial charge in [-0.1, -0.05) is 0 Å². The summed E-state index contributed by atoms with van der Waals surface area (Å²) in [5.41, 5.74) is 1.49. The van der Waals surface area contributed by atoms with Crippen LogP contribution in [0.25, 0.3) is 11.2 Å². The second-order valence-electron chi connectivity index (χ2n) is 2.04. The first-order valence-electron chi connectivity index (χ1n) is 3.27. The molecule has 0 spiro atoms. The van der Waals surface area contributed by atoms with Crippen LogP contribution in [-0.4, -0.2) is 27.0 Å². The highest BCUT2D eigenvalue weighted by atomic mass is 32.2. The Morgan fingerprint density at radius 2 is 2.42 bits per heavy atom. The van der Waals surface area contributed by atoms with Gasteiger partial charge in [-0.3, -0.25) is 0 Å². The Kier molecular flexibility index (Phi) is 1.92. The van der Waals surface area contributed by atoms with Crippen LogP contribution in [0.3, 0.4) is 0 Å². The van der Waals surface area contributed by atoms with Crippen LogP contribution >= 0.6 is 12.0 Å². The average molecular weight is 182 g/mol. The van der Waals surface area contributed by atoms with E-state index < -0.39 is 0 Å². The molecule has 0 amide bonds. The number of aromatic nitrogens is 4. The van der Waals surface area contributed by atoms with Crippen LogP contribution in [0.4, 0.5) is 0 Å². The highest BCUT2D eigenvalue weighted by Gasteiger charge is 2.01. The van der Waals surface area contributed by atoms with Crippen molar-refractivity contribution < 1.29 is 4.18 Å². The zero-order chi connectivity index (χ0) is 8.39. The summed E-state index contributed by atoms with van der Waals surface area (Å²) in [6, 6.07) is 0. The maximum absolute atomic E-state index is 4.81. The minimum atomic E-state index is 0.567. The predicted molar refractivity (Wildman–Crippen MR) is 44.5 cm³/mol. The van der Waals surface area contributed by atoms with Crippen LogP contribution in [-0.2, 0) is 4.18 Å². The molecule has 2 aromatic rings. The van der Waals surface area contributed by atoms with E-state index in [-0.39, 0.29) is 0 Å². The zero-order valence-electron chi connectivity index (χ0n) is 6.31. The molecule has 1 N–H and O–H groups in total. The monoisotopic (exact) mass is 182 g/mol. The lowest BCUT2D eigenvalue weighted by atomic mass is 10.6. The molecule has 0 bridgehead atoms. The summed E-state index contributed by atoms with van der Waals surface area (Å²) < 4.78 is 4.81. The molecule has 62 valence electrons. The van der Waals surface area contributed by atoms with Gasteiger partial charge < -0.3 is 9.17 Å². The Balaban J connectivity index is 2.46. The highest BCUT2D eigenvalue weighted by molar-refractivity contribution is 7.94. The molecule has 2 rings (SSSR count). The van der Waals surface area contributed by atoms with Gasteiger partial charge in [0.2, 0.25) is 5.16 Å². The molecular formula is C6H6N4OS. The molecule has 12 heavy (non-hydrogen) atoms. The first kappa shape index (κ1) is 7.51. The molecule has 0 aliphatic carbocycles. The Bertz CT molecular complexity index is 388. The number of fused-ring (bicyclic) bond motifs is 1. The van der Waals surface area contributed by atoms with Crippen LogP contribution in [0.15, 0.2) is 17.7 Å². The smallest absolute Gasteiger partial charge is 0.217 e. The van der Waals surface area contributed by atoms with Crippen LogP contribution in [0.1, 0.15) is 0 Å². The van der Waals surface area contributed by atoms with Gasteiger partial charge in [-0.05, 0) is 0 Å². The Morgan fingerprint density at radius 1 is 1.50 bits per heavy atom. The molecule has 0 aromatic carbocycles. The topological polar surface area (TPSA) is 63.7 Å². The van der Waals surface area contributed by atoms with Crippen molar-refractivity contribution in [1.82, 2.24) is 19.9 Å². The molecule has 0 saturated carbocycles. The number of hydrogen-bond donors (Lipinski definition) is 1. The van der Waals surface area contributed by atoms with Crippen molar-refractivity contribution >= 4 is 23.2 Å². The third-order valence-electron chi connectivity index (χ3n) is 1.31. The summed E-state index contributed by atoms with van der Waals surface area (Å²) in [5, 5.41) is 0.567. The summed E-state index contributed by atoms with van der Waals surface area (Å²) in [4.78, 5) is 15.0. The maximum atomic E-state index is 4.81. The number of nitrogens with one attached hydrogen (secondary N) is 1. The molecule has 2 heterocycles. The summed E-state index contributed by atoms with van der Waals surface area (Å²) in [7, 11) is 1.57. The van der Waals surface area contributed by atoms with E-state index in [9.17, 15) is 0 Å². The van der Waals surface area contributed by atoms with Crippen molar-refractivity contribution in [3.8, 4) is 0 Å². The Morgan fingerprint density at radius 3 is 3.25 bits per heavy atom. The molecule has 0 fully saturated rings. The number of imidazole rings is 1.